The normalized spacial score (nSPS) is 12.1. The molecule has 0 bridgehead atoms. The van der Waals surface area contributed by atoms with Gasteiger partial charge in [-0.1, -0.05) is 84.4 Å². The molecule has 0 amide bonds. The van der Waals surface area contributed by atoms with Gasteiger partial charge in [-0.2, -0.15) is 13.2 Å². The van der Waals surface area contributed by atoms with E-state index in [2.05, 4.69) is 0 Å². The van der Waals surface area contributed by atoms with Gasteiger partial charge in [0.25, 0.3) is 5.24 Å². The summed E-state index contributed by atoms with van der Waals surface area (Å²) in [7, 11) is -4.01. The predicted molar refractivity (Wildman–Crippen MR) is 166 cm³/mol. The van der Waals surface area contributed by atoms with Gasteiger partial charge in [0.2, 0.25) is 0 Å². The molecule has 0 saturated heterocycles. The molecule has 0 N–H and O–H groups in total. The van der Waals surface area contributed by atoms with Crippen LogP contribution in [0.3, 0.4) is 0 Å². The first kappa shape index (κ1) is 34.4. The minimum absolute atomic E-state index is 0.00493. The molecule has 0 saturated carbocycles. The second kappa shape index (κ2) is 14.8. The zero-order chi connectivity index (χ0) is 32.8. The fourth-order valence-corrected chi connectivity index (χ4v) is 6.46. The fourth-order valence-electron chi connectivity index (χ4n) is 5.03. The summed E-state index contributed by atoms with van der Waals surface area (Å²) in [5, 5.41) is -1.63. The van der Waals surface area contributed by atoms with E-state index in [-0.39, 0.29) is 29.8 Å². The number of sulfone groups is 1. The number of benzene rings is 4. The number of nitrogens with zero attached hydrogens (tertiary/aromatic N) is 1. The molecule has 0 atom stereocenters. The Morgan fingerprint density at radius 3 is 2.07 bits per heavy atom. The number of hydrogen-bond acceptors (Lipinski definition) is 5. The van der Waals surface area contributed by atoms with Gasteiger partial charge in [-0.05, 0) is 46.8 Å². The van der Waals surface area contributed by atoms with Crippen LogP contribution in [0.2, 0.25) is 5.02 Å². The van der Waals surface area contributed by atoms with Crippen molar-refractivity contribution in [2.75, 3.05) is 26.0 Å². The molecule has 0 spiro atoms. The molecule has 0 fully saturated rings. The van der Waals surface area contributed by atoms with Crippen LogP contribution in [0.15, 0.2) is 95.9 Å². The summed E-state index contributed by atoms with van der Waals surface area (Å²) >= 11 is 11.7. The van der Waals surface area contributed by atoms with Gasteiger partial charge in [-0.15, -0.1) is 0 Å². The van der Waals surface area contributed by atoms with Crippen LogP contribution in [0.1, 0.15) is 45.0 Å². The van der Waals surface area contributed by atoms with Crippen molar-refractivity contribution in [2.24, 2.45) is 0 Å². The molecule has 45 heavy (non-hydrogen) atoms. The Kier molecular flexibility index (Phi) is 11.3. The van der Waals surface area contributed by atoms with Crippen molar-refractivity contribution in [3.63, 3.8) is 0 Å². The molecule has 0 heterocycles. The lowest BCUT2D eigenvalue weighted by Gasteiger charge is -2.29. The number of ether oxygens (including phenoxy) is 1. The molecular weight excluding hydrogens is 653 g/mol. The van der Waals surface area contributed by atoms with Crippen molar-refractivity contribution in [1.82, 2.24) is 4.90 Å². The van der Waals surface area contributed by atoms with E-state index in [9.17, 15) is 30.8 Å². The third-order valence-corrected chi connectivity index (χ3v) is 8.89. The molecule has 238 valence electrons. The summed E-state index contributed by atoms with van der Waals surface area (Å²) in [4.78, 5) is 13.0. The highest BCUT2D eigenvalue weighted by Gasteiger charge is 2.34. The predicted octanol–water partition coefficient (Wildman–Crippen LogP) is 8.38. The Hall–Kier alpha value is -3.44. The summed E-state index contributed by atoms with van der Waals surface area (Å²) in [5.74, 6) is -1.39. The lowest BCUT2D eigenvalue weighted by atomic mass is 9.90. The van der Waals surface area contributed by atoms with E-state index >= 15 is 0 Å². The van der Waals surface area contributed by atoms with Crippen molar-refractivity contribution in [2.45, 2.75) is 30.0 Å². The number of alkyl halides is 3. The minimum atomic E-state index is -4.62. The molecule has 4 aromatic carbocycles. The first-order chi connectivity index (χ1) is 21.3. The van der Waals surface area contributed by atoms with Gasteiger partial charge in [-0.3, -0.25) is 9.69 Å². The van der Waals surface area contributed by atoms with Crippen LogP contribution in [0.25, 0.3) is 0 Å². The third-order valence-electron chi connectivity index (χ3n) is 7.13. The van der Waals surface area contributed by atoms with Crippen LogP contribution in [0.4, 0.5) is 17.6 Å². The standard InChI is InChI=1S/C33H29Cl2F4NO4S/c1-45(42,43)29-19-25(18-28(36)30(29)32(35)41)44-17-9-16-40(20-24-14-8-15-27(31(24)34)33(37,38)39)21-26(22-10-4-2-5-11-22)23-12-6-3-7-13-23/h2-8,10-15,18-19,26H,9,16-17,20-21H2,1H3. The van der Waals surface area contributed by atoms with Crippen molar-refractivity contribution in [1.29, 1.82) is 0 Å². The Morgan fingerprint density at radius 1 is 0.933 bits per heavy atom. The highest BCUT2D eigenvalue weighted by molar-refractivity contribution is 7.90. The van der Waals surface area contributed by atoms with E-state index in [1.165, 1.54) is 6.07 Å². The zero-order valence-corrected chi connectivity index (χ0v) is 26.4. The number of carbonyl (C=O) groups excluding carboxylic acids is 1. The molecule has 4 rings (SSSR count). The second-order valence-electron chi connectivity index (χ2n) is 10.4. The van der Waals surface area contributed by atoms with Crippen LogP contribution in [-0.2, 0) is 22.6 Å². The average molecular weight is 683 g/mol. The highest BCUT2D eigenvalue weighted by atomic mass is 35.5. The van der Waals surface area contributed by atoms with Crippen LogP contribution in [0.5, 0.6) is 5.75 Å². The molecule has 5 nitrogen and oxygen atoms in total. The first-order valence-electron chi connectivity index (χ1n) is 13.8. The van der Waals surface area contributed by atoms with Gasteiger partial charge in [0.1, 0.15) is 11.6 Å². The van der Waals surface area contributed by atoms with Crippen molar-refractivity contribution in [3.05, 3.63) is 130 Å². The van der Waals surface area contributed by atoms with Crippen LogP contribution >= 0.6 is 23.2 Å². The molecule has 0 aromatic heterocycles. The summed E-state index contributed by atoms with van der Waals surface area (Å²) in [6.45, 7) is 0.853. The third kappa shape index (κ3) is 9.07. The van der Waals surface area contributed by atoms with Crippen LogP contribution in [-0.4, -0.2) is 44.5 Å². The molecule has 0 aliphatic heterocycles. The number of halogens is 6. The molecular formula is C33H29Cl2F4NO4S. The van der Waals surface area contributed by atoms with E-state index in [1.54, 1.807) is 6.07 Å². The summed E-state index contributed by atoms with van der Waals surface area (Å²) < 4.78 is 85.5. The molecule has 0 aliphatic carbocycles. The maximum Gasteiger partial charge on any atom is 0.417 e. The fraction of sp³-hybridized carbons (Fsp3) is 0.242. The zero-order valence-electron chi connectivity index (χ0n) is 24.0. The van der Waals surface area contributed by atoms with Crippen molar-refractivity contribution >= 4 is 38.3 Å². The Balaban J connectivity index is 1.60. The summed E-state index contributed by atoms with van der Waals surface area (Å²) in [6.07, 6.45) is -3.47. The van der Waals surface area contributed by atoms with E-state index < -0.39 is 43.1 Å². The van der Waals surface area contributed by atoms with Gasteiger partial charge in [0, 0.05) is 37.9 Å². The van der Waals surface area contributed by atoms with E-state index in [0.29, 0.717) is 25.1 Å². The number of rotatable bonds is 13. The molecule has 0 unspecified atom stereocenters. The van der Waals surface area contributed by atoms with E-state index in [0.717, 1.165) is 35.6 Å². The van der Waals surface area contributed by atoms with Crippen LogP contribution < -0.4 is 4.74 Å². The maximum absolute atomic E-state index is 14.6. The second-order valence-corrected chi connectivity index (χ2v) is 13.1. The smallest absolute Gasteiger partial charge is 0.417 e. The quantitative estimate of drug-likeness (QED) is 0.0806. The Labute approximate surface area is 269 Å². The largest absolute Gasteiger partial charge is 0.493 e. The first-order valence-corrected chi connectivity index (χ1v) is 16.4. The van der Waals surface area contributed by atoms with Crippen molar-refractivity contribution < 1.29 is 35.5 Å². The summed E-state index contributed by atoms with van der Waals surface area (Å²) in [5.41, 5.74) is 0.641. The summed E-state index contributed by atoms with van der Waals surface area (Å²) in [6, 6.07) is 25.1. The Bertz CT molecular complexity index is 1700. The SMILES string of the molecule is CS(=O)(=O)c1cc(OCCCN(Cc2cccc(C(F)(F)F)c2Cl)CC(c2ccccc2)c2ccccc2)cc(F)c1C(=O)Cl. The lowest BCUT2D eigenvalue weighted by Crippen LogP contribution is -2.31. The van der Waals surface area contributed by atoms with Crippen LogP contribution in [0, 0.1) is 5.82 Å². The highest BCUT2D eigenvalue weighted by Crippen LogP contribution is 2.37. The maximum atomic E-state index is 14.6. The van der Waals surface area contributed by atoms with Gasteiger partial charge in [0.15, 0.2) is 9.84 Å². The van der Waals surface area contributed by atoms with Gasteiger partial charge < -0.3 is 4.74 Å². The monoisotopic (exact) mass is 681 g/mol. The number of hydrogen-bond donors (Lipinski definition) is 0. The van der Waals surface area contributed by atoms with E-state index in [4.69, 9.17) is 27.9 Å². The molecule has 0 aliphatic rings. The Morgan fingerprint density at radius 2 is 1.53 bits per heavy atom. The average Bonchev–Trinajstić information content (AvgIpc) is 2.98. The van der Waals surface area contributed by atoms with Gasteiger partial charge in [-0.25, -0.2) is 12.8 Å². The van der Waals surface area contributed by atoms with Crippen molar-refractivity contribution in [3.8, 4) is 5.75 Å². The molecule has 12 heteroatoms. The topological polar surface area (TPSA) is 63.7 Å². The number of carbonyl (C=O) groups is 1. The van der Waals surface area contributed by atoms with Gasteiger partial charge in [0.05, 0.1) is 27.7 Å². The van der Waals surface area contributed by atoms with E-state index in [1.807, 2.05) is 65.6 Å². The molecule has 0 radical (unpaired) electrons. The lowest BCUT2D eigenvalue weighted by molar-refractivity contribution is -0.137. The minimum Gasteiger partial charge on any atom is -0.493 e. The van der Waals surface area contributed by atoms with Gasteiger partial charge >= 0.3 is 6.18 Å². The molecule has 4 aromatic rings.